The van der Waals surface area contributed by atoms with E-state index in [1.165, 1.54) is 11.1 Å². The number of rotatable bonds is 2. The zero-order valence-corrected chi connectivity index (χ0v) is 17.1. The Morgan fingerprint density at radius 2 is 1.81 bits per heavy atom. The molecule has 2 aromatic rings. The molecule has 1 aromatic heterocycles. The monoisotopic (exact) mass is 361 g/mol. The first-order valence-corrected chi connectivity index (χ1v) is 12.7. The summed E-state index contributed by atoms with van der Waals surface area (Å²) in [6.07, 6.45) is 4.38. The molecule has 0 radical (unpaired) electrons. The molecule has 1 aliphatic rings. The summed E-state index contributed by atoms with van der Waals surface area (Å²) in [5.74, 6) is 3.67. The van der Waals surface area contributed by atoms with Crippen LogP contribution >= 0.6 is 0 Å². The summed E-state index contributed by atoms with van der Waals surface area (Å²) in [7, 11) is -1.49. The van der Waals surface area contributed by atoms with Gasteiger partial charge >= 0.3 is 0 Å². The molecule has 0 spiro atoms. The molecule has 1 fully saturated rings. The number of carbonyl (C=O) groups excluding carboxylic acids is 1. The highest BCUT2D eigenvalue weighted by Gasteiger charge is 2.43. The van der Waals surface area contributed by atoms with E-state index in [4.69, 9.17) is 0 Å². The minimum Gasteiger partial charge on any atom is -0.294 e. The van der Waals surface area contributed by atoms with Gasteiger partial charge in [-0.25, -0.2) is 0 Å². The maximum atomic E-state index is 13.2. The van der Waals surface area contributed by atoms with Crippen LogP contribution in [-0.4, -0.2) is 18.5 Å². The lowest BCUT2D eigenvalue weighted by Gasteiger charge is -2.24. The summed E-state index contributed by atoms with van der Waals surface area (Å²) in [6, 6.07) is 12.2. The molecule has 3 rings (SSSR count). The average molecular weight is 362 g/mol. The van der Waals surface area contributed by atoms with Crippen LogP contribution in [0.3, 0.4) is 0 Å². The van der Waals surface area contributed by atoms with Crippen LogP contribution in [0.25, 0.3) is 0 Å². The Bertz CT molecular complexity index is 877. The highest BCUT2D eigenvalue weighted by Crippen LogP contribution is 2.48. The van der Waals surface area contributed by atoms with Crippen molar-refractivity contribution in [3.05, 3.63) is 72.1 Å². The lowest BCUT2D eigenvalue weighted by Crippen LogP contribution is -2.25. The van der Waals surface area contributed by atoms with Crippen molar-refractivity contribution in [3.63, 3.8) is 0 Å². The Kier molecular flexibility index (Phi) is 5.07. The van der Waals surface area contributed by atoms with Crippen molar-refractivity contribution in [1.82, 2.24) is 4.57 Å². The van der Waals surface area contributed by atoms with E-state index >= 15 is 0 Å². The molecule has 0 amide bonds. The van der Waals surface area contributed by atoms with Gasteiger partial charge in [0.1, 0.15) is 8.07 Å². The van der Waals surface area contributed by atoms with Crippen LogP contribution in [0.4, 0.5) is 0 Å². The van der Waals surface area contributed by atoms with Crippen LogP contribution in [-0.2, 0) is 0 Å². The van der Waals surface area contributed by atoms with Gasteiger partial charge in [0.25, 0.3) is 0 Å². The molecule has 0 bridgehead atoms. The van der Waals surface area contributed by atoms with E-state index in [-0.39, 0.29) is 23.7 Å². The number of hydrogen-bond acceptors (Lipinski definition) is 1. The van der Waals surface area contributed by atoms with Crippen molar-refractivity contribution in [2.24, 2.45) is 11.8 Å². The summed E-state index contributed by atoms with van der Waals surface area (Å²) in [6.45, 7) is 13.2. The molecular weight excluding hydrogens is 334 g/mol. The number of aryl methyl sites for hydroxylation is 1. The van der Waals surface area contributed by atoms with Crippen LogP contribution < -0.4 is 0 Å². The zero-order chi connectivity index (χ0) is 18.9. The number of nitrogens with zero attached hydrogens (tertiary/aromatic N) is 1. The molecule has 26 heavy (non-hydrogen) atoms. The average Bonchev–Trinajstić information content (AvgIpc) is 3.20. The van der Waals surface area contributed by atoms with Gasteiger partial charge in [-0.1, -0.05) is 56.1 Å². The Morgan fingerprint density at radius 3 is 2.42 bits per heavy atom. The first-order valence-electron chi connectivity index (χ1n) is 9.21. The van der Waals surface area contributed by atoms with Crippen LogP contribution in [0.15, 0.2) is 60.9 Å². The summed E-state index contributed by atoms with van der Waals surface area (Å²) in [5, 5.41) is 0. The van der Waals surface area contributed by atoms with Crippen LogP contribution in [0, 0.1) is 30.2 Å². The zero-order valence-electron chi connectivity index (χ0n) is 16.1. The number of hydrogen-bond donors (Lipinski definition) is 0. The van der Waals surface area contributed by atoms with Gasteiger partial charge in [-0.05, 0) is 36.6 Å². The molecule has 1 aliphatic carbocycles. The Balaban J connectivity index is 2.07. The number of allylic oxidation sites excluding steroid dienone is 1. The van der Waals surface area contributed by atoms with E-state index in [1.54, 1.807) is 4.57 Å². The van der Waals surface area contributed by atoms with E-state index in [2.05, 4.69) is 62.8 Å². The SMILES string of the molecule is C=C1C[C@H](C(=O)n2cccc2)[C@@H](c2ccccc2C)[C@H]1C#C[Si](C)(C)C. The maximum Gasteiger partial charge on any atom is 0.234 e. The van der Waals surface area contributed by atoms with Gasteiger partial charge in [0.15, 0.2) is 0 Å². The van der Waals surface area contributed by atoms with Crippen molar-refractivity contribution in [2.45, 2.75) is 38.9 Å². The first-order chi connectivity index (χ1) is 12.3. The van der Waals surface area contributed by atoms with E-state index in [1.807, 2.05) is 30.6 Å². The smallest absolute Gasteiger partial charge is 0.234 e. The predicted molar refractivity (Wildman–Crippen MR) is 111 cm³/mol. The van der Waals surface area contributed by atoms with Crippen molar-refractivity contribution in [1.29, 1.82) is 0 Å². The second-order valence-electron chi connectivity index (χ2n) is 8.28. The van der Waals surface area contributed by atoms with E-state index in [0.717, 1.165) is 5.57 Å². The van der Waals surface area contributed by atoms with Crippen molar-refractivity contribution < 1.29 is 4.79 Å². The predicted octanol–water partition coefficient (Wildman–Crippen LogP) is 5.29. The Labute approximate surface area is 157 Å². The minimum absolute atomic E-state index is 0.0485. The molecule has 134 valence electrons. The highest BCUT2D eigenvalue weighted by atomic mass is 28.3. The van der Waals surface area contributed by atoms with Gasteiger partial charge < -0.3 is 0 Å². The molecular formula is C23H27NOSi. The molecule has 1 heterocycles. The quantitative estimate of drug-likeness (QED) is 0.404. The largest absolute Gasteiger partial charge is 0.294 e. The van der Waals surface area contributed by atoms with Gasteiger partial charge in [0.2, 0.25) is 5.91 Å². The molecule has 0 saturated heterocycles. The Morgan fingerprint density at radius 1 is 1.15 bits per heavy atom. The fourth-order valence-corrected chi connectivity index (χ4v) is 4.37. The highest BCUT2D eigenvalue weighted by molar-refractivity contribution is 6.83. The fourth-order valence-electron chi connectivity index (χ4n) is 3.78. The first kappa shape index (κ1) is 18.5. The van der Waals surface area contributed by atoms with E-state index in [9.17, 15) is 4.79 Å². The second kappa shape index (κ2) is 7.13. The topological polar surface area (TPSA) is 22.0 Å². The molecule has 3 atom stereocenters. The third-order valence-electron chi connectivity index (χ3n) is 5.04. The van der Waals surface area contributed by atoms with Crippen molar-refractivity contribution >= 4 is 14.0 Å². The normalized spacial score (nSPS) is 22.8. The molecule has 2 nitrogen and oxygen atoms in total. The third-order valence-corrected chi connectivity index (χ3v) is 5.94. The summed E-state index contributed by atoms with van der Waals surface area (Å²) in [4.78, 5) is 13.2. The van der Waals surface area contributed by atoms with Crippen LogP contribution in [0.1, 0.15) is 28.3 Å². The fraction of sp³-hybridized carbons (Fsp3) is 0.348. The molecule has 0 unspecified atom stereocenters. The minimum atomic E-state index is -1.49. The van der Waals surface area contributed by atoms with E-state index < -0.39 is 8.07 Å². The number of aromatic nitrogens is 1. The standard InChI is InChI=1S/C23H27NOSi/c1-17-10-6-7-11-19(17)22-20(12-15-26(3,4)5)18(2)16-21(22)23(25)24-13-8-9-14-24/h6-11,13-14,20-22H,2,16H2,1,3-5H3/t20-,21-,22-/m0/s1. The maximum absolute atomic E-state index is 13.2. The second-order valence-corrected chi connectivity index (χ2v) is 13.0. The molecule has 0 N–H and O–H groups in total. The number of benzene rings is 1. The lowest BCUT2D eigenvalue weighted by molar-refractivity contribution is 0.0823. The van der Waals surface area contributed by atoms with Gasteiger partial charge in [0.05, 0.1) is 5.92 Å². The van der Waals surface area contributed by atoms with Gasteiger partial charge in [0, 0.05) is 24.2 Å². The summed E-state index contributed by atoms with van der Waals surface area (Å²) >= 11 is 0. The molecule has 1 saturated carbocycles. The van der Waals surface area contributed by atoms with Crippen molar-refractivity contribution in [2.75, 3.05) is 0 Å². The van der Waals surface area contributed by atoms with Gasteiger partial charge in [-0.15, -0.1) is 11.5 Å². The van der Waals surface area contributed by atoms with Gasteiger partial charge in [-0.3, -0.25) is 9.36 Å². The number of carbonyl (C=O) groups is 1. The van der Waals surface area contributed by atoms with Gasteiger partial charge in [-0.2, -0.15) is 0 Å². The van der Waals surface area contributed by atoms with Crippen LogP contribution in [0.2, 0.25) is 19.6 Å². The van der Waals surface area contributed by atoms with Crippen molar-refractivity contribution in [3.8, 4) is 11.5 Å². The molecule has 0 aliphatic heterocycles. The molecule has 1 aromatic carbocycles. The summed E-state index contributed by atoms with van der Waals surface area (Å²) in [5.41, 5.74) is 7.06. The van der Waals surface area contributed by atoms with Crippen LogP contribution in [0.5, 0.6) is 0 Å². The molecule has 3 heteroatoms. The van der Waals surface area contributed by atoms with E-state index in [0.29, 0.717) is 6.42 Å². The Hall–Kier alpha value is -2.31. The summed E-state index contributed by atoms with van der Waals surface area (Å²) < 4.78 is 1.71. The third kappa shape index (κ3) is 3.76. The lowest BCUT2D eigenvalue weighted by atomic mass is 9.80.